The van der Waals surface area contributed by atoms with Gasteiger partial charge in [0, 0.05) is 5.57 Å². The van der Waals surface area contributed by atoms with Gasteiger partial charge in [0.1, 0.15) is 0 Å². The zero-order valence-corrected chi connectivity index (χ0v) is 5.42. The summed E-state index contributed by atoms with van der Waals surface area (Å²) in [7, 11) is 0. The van der Waals surface area contributed by atoms with Crippen molar-refractivity contribution in [3.05, 3.63) is 12.2 Å². The zero-order valence-electron chi connectivity index (χ0n) is 5.42. The fourth-order valence-corrected chi connectivity index (χ4v) is 0.187. The lowest BCUT2D eigenvalue weighted by Crippen LogP contribution is -2.16. The molecule has 5 nitrogen and oxygen atoms in total. The molecule has 0 aromatic heterocycles. The number of rotatable bonds is 1. The van der Waals surface area contributed by atoms with Gasteiger partial charge in [-0.05, 0) is 6.92 Å². The molecular formula is C5H7NO4. The summed E-state index contributed by atoms with van der Waals surface area (Å²) in [5.74, 6) is 3.51. The number of carbonyl (C=O) groups is 2. The Bertz CT molecular complexity index is 174. The van der Waals surface area contributed by atoms with Gasteiger partial charge < -0.3 is 9.57 Å². The van der Waals surface area contributed by atoms with Crippen molar-refractivity contribution in [2.24, 2.45) is 5.90 Å². The van der Waals surface area contributed by atoms with Crippen LogP contribution in [0, 0.1) is 0 Å². The summed E-state index contributed by atoms with van der Waals surface area (Å²) >= 11 is 0. The maximum atomic E-state index is 10.4. The smallest absolute Gasteiger partial charge is 0.356 e. The molecule has 0 heterocycles. The topological polar surface area (TPSA) is 78.6 Å². The van der Waals surface area contributed by atoms with Crippen LogP contribution in [0.4, 0.5) is 4.79 Å². The van der Waals surface area contributed by atoms with E-state index in [4.69, 9.17) is 0 Å². The van der Waals surface area contributed by atoms with Gasteiger partial charge in [-0.1, -0.05) is 6.58 Å². The van der Waals surface area contributed by atoms with Crippen molar-refractivity contribution >= 4 is 12.1 Å². The summed E-state index contributed by atoms with van der Waals surface area (Å²) in [4.78, 5) is 24.1. The van der Waals surface area contributed by atoms with E-state index in [0.717, 1.165) is 0 Å². The van der Waals surface area contributed by atoms with Gasteiger partial charge in [0.2, 0.25) is 0 Å². The second-order valence-electron chi connectivity index (χ2n) is 1.54. The lowest BCUT2D eigenvalue weighted by Gasteiger charge is -1.97. The second-order valence-corrected chi connectivity index (χ2v) is 1.54. The minimum atomic E-state index is -1.24. The van der Waals surface area contributed by atoms with Gasteiger partial charge in [0.05, 0.1) is 0 Å². The molecule has 0 atom stereocenters. The van der Waals surface area contributed by atoms with E-state index in [1.807, 2.05) is 0 Å². The molecule has 0 rings (SSSR count). The van der Waals surface area contributed by atoms with Crippen LogP contribution >= 0.6 is 0 Å². The molecule has 2 N–H and O–H groups in total. The van der Waals surface area contributed by atoms with Crippen LogP contribution in [0.3, 0.4) is 0 Å². The Kier molecular flexibility index (Phi) is 3.13. The Morgan fingerprint density at radius 2 is 2.00 bits per heavy atom. The molecule has 0 aliphatic carbocycles. The maximum Gasteiger partial charge on any atom is 0.535 e. The van der Waals surface area contributed by atoms with Gasteiger partial charge >= 0.3 is 12.1 Å². The standard InChI is InChI=1S/C5H7NO4/c1-3(2)4(7)9-5(8)10-6/h1,6H2,2H3. The summed E-state index contributed by atoms with van der Waals surface area (Å²) in [6, 6.07) is 0. The summed E-state index contributed by atoms with van der Waals surface area (Å²) in [5.41, 5.74) is 0.102. The molecule has 0 spiro atoms. The molecule has 0 bridgehead atoms. The second kappa shape index (κ2) is 3.62. The van der Waals surface area contributed by atoms with Crippen LogP contribution in [0.1, 0.15) is 6.92 Å². The lowest BCUT2D eigenvalue weighted by atomic mass is 10.4. The van der Waals surface area contributed by atoms with Crippen LogP contribution in [0.15, 0.2) is 12.2 Å². The first-order valence-corrected chi connectivity index (χ1v) is 2.36. The van der Waals surface area contributed by atoms with Crippen LogP contribution in [-0.4, -0.2) is 12.1 Å². The molecule has 0 aromatic rings. The van der Waals surface area contributed by atoms with Gasteiger partial charge in [-0.2, -0.15) is 5.90 Å². The molecule has 0 fully saturated rings. The van der Waals surface area contributed by atoms with Crippen molar-refractivity contribution in [1.82, 2.24) is 0 Å². The fraction of sp³-hybridized carbons (Fsp3) is 0.200. The third-order valence-corrected chi connectivity index (χ3v) is 0.621. The van der Waals surface area contributed by atoms with Crippen LogP contribution in [0.25, 0.3) is 0 Å². The molecule has 0 unspecified atom stereocenters. The van der Waals surface area contributed by atoms with E-state index in [-0.39, 0.29) is 5.57 Å². The van der Waals surface area contributed by atoms with Crippen LogP contribution in [-0.2, 0) is 14.4 Å². The Morgan fingerprint density at radius 1 is 1.50 bits per heavy atom. The van der Waals surface area contributed by atoms with Gasteiger partial charge in [-0.25, -0.2) is 9.59 Å². The summed E-state index contributed by atoms with van der Waals surface area (Å²) in [6.07, 6.45) is -1.24. The molecule has 5 heteroatoms. The zero-order chi connectivity index (χ0) is 8.15. The van der Waals surface area contributed by atoms with E-state index in [0.29, 0.717) is 0 Å². The monoisotopic (exact) mass is 145 g/mol. The van der Waals surface area contributed by atoms with Crippen molar-refractivity contribution in [1.29, 1.82) is 0 Å². The molecule has 56 valence electrons. The summed E-state index contributed by atoms with van der Waals surface area (Å²) in [5, 5.41) is 0. The lowest BCUT2D eigenvalue weighted by molar-refractivity contribution is -0.135. The predicted octanol–water partition coefficient (Wildman–Crippen LogP) is 0.116. The van der Waals surface area contributed by atoms with E-state index >= 15 is 0 Å². The molecule has 0 amide bonds. The first-order chi connectivity index (χ1) is 4.57. The molecule has 0 radical (unpaired) electrons. The Hall–Kier alpha value is -1.36. The van der Waals surface area contributed by atoms with E-state index in [2.05, 4.69) is 22.1 Å². The first-order valence-electron chi connectivity index (χ1n) is 2.36. The van der Waals surface area contributed by atoms with E-state index < -0.39 is 12.1 Å². The van der Waals surface area contributed by atoms with Gasteiger partial charge in [-0.15, -0.1) is 0 Å². The highest BCUT2D eigenvalue weighted by Gasteiger charge is 2.10. The number of hydrogen-bond acceptors (Lipinski definition) is 5. The maximum absolute atomic E-state index is 10.4. The normalized spacial score (nSPS) is 8.20. The van der Waals surface area contributed by atoms with Crippen molar-refractivity contribution < 1.29 is 19.2 Å². The number of ether oxygens (including phenoxy) is 1. The van der Waals surface area contributed by atoms with Gasteiger partial charge in [-0.3, -0.25) is 0 Å². The van der Waals surface area contributed by atoms with Gasteiger partial charge in [0.15, 0.2) is 0 Å². The van der Waals surface area contributed by atoms with E-state index in [1.54, 1.807) is 0 Å². The van der Waals surface area contributed by atoms with Crippen LogP contribution < -0.4 is 5.90 Å². The molecule has 0 aliphatic rings. The quantitative estimate of drug-likeness (QED) is 0.245. The van der Waals surface area contributed by atoms with E-state index in [1.165, 1.54) is 6.92 Å². The Labute approximate surface area is 57.4 Å². The predicted molar refractivity (Wildman–Crippen MR) is 31.6 cm³/mol. The minimum Gasteiger partial charge on any atom is -0.356 e. The molecule has 0 aliphatic heterocycles. The van der Waals surface area contributed by atoms with Crippen molar-refractivity contribution in [2.75, 3.05) is 0 Å². The fourth-order valence-electron chi connectivity index (χ4n) is 0.187. The van der Waals surface area contributed by atoms with Crippen molar-refractivity contribution in [3.8, 4) is 0 Å². The largest absolute Gasteiger partial charge is 0.535 e. The average molecular weight is 145 g/mol. The van der Waals surface area contributed by atoms with E-state index in [9.17, 15) is 9.59 Å². The molecule has 10 heavy (non-hydrogen) atoms. The Morgan fingerprint density at radius 3 is 2.30 bits per heavy atom. The van der Waals surface area contributed by atoms with Crippen molar-refractivity contribution in [3.63, 3.8) is 0 Å². The van der Waals surface area contributed by atoms with Gasteiger partial charge in [0.25, 0.3) is 0 Å². The SMILES string of the molecule is C=C(C)C(=O)OC(=O)ON. The molecule has 0 aromatic carbocycles. The highest BCUT2D eigenvalue weighted by Crippen LogP contribution is 1.92. The van der Waals surface area contributed by atoms with Crippen molar-refractivity contribution in [2.45, 2.75) is 6.92 Å². The first kappa shape index (κ1) is 8.64. The summed E-state index contributed by atoms with van der Waals surface area (Å²) < 4.78 is 3.94. The number of nitrogens with two attached hydrogens (primary N) is 1. The number of esters is 1. The Balaban J connectivity index is 3.80. The number of carbonyl (C=O) groups excluding carboxylic acids is 2. The van der Waals surface area contributed by atoms with Crippen LogP contribution in [0.5, 0.6) is 0 Å². The third kappa shape index (κ3) is 2.83. The number of hydrogen-bond donors (Lipinski definition) is 1. The molecule has 0 saturated carbocycles. The minimum absolute atomic E-state index is 0.102. The highest BCUT2D eigenvalue weighted by atomic mass is 16.8. The molecule has 0 saturated heterocycles. The highest BCUT2D eigenvalue weighted by molar-refractivity contribution is 5.93. The summed E-state index contributed by atoms with van der Waals surface area (Å²) in [6.45, 7) is 4.61. The average Bonchev–Trinajstić information content (AvgIpc) is 1.87. The third-order valence-electron chi connectivity index (χ3n) is 0.621. The molecular weight excluding hydrogens is 138 g/mol. The van der Waals surface area contributed by atoms with Crippen LogP contribution in [0.2, 0.25) is 0 Å².